The predicted molar refractivity (Wildman–Crippen MR) is 72.4 cm³/mol. The summed E-state index contributed by atoms with van der Waals surface area (Å²) in [6, 6.07) is 5.93. The van der Waals surface area contributed by atoms with E-state index < -0.39 is 0 Å². The zero-order valence-corrected chi connectivity index (χ0v) is 10.7. The molecule has 0 radical (unpaired) electrons. The first kappa shape index (κ1) is 12.1. The minimum absolute atomic E-state index is 0.716. The number of hydrogen-bond donors (Lipinski definition) is 2. The van der Waals surface area contributed by atoms with Crippen molar-refractivity contribution < 1.29 is 4.74 Å². The maximum atomic E-state index is 6.08. The van der Waals surface area contributed by atoms with E-state index in [0.717, 1.165) is 41.9 Å². The summed E-state index contributed by atoms with van der Waals surface area (Å²) in [6.07, 6.45) is 2.33. The topological polar surface area (TPSA) is 47.3 Å². The monoisotopic (exact) mass is 234 g/mol. The molecule has 0 amide bonds. The Labute approximate surface area is 103 Å². The van der Waals surface area contributed by atoms with Gasteiger partial charge in [0.05, 0.1) is 18.0 Å². The Kier molecular flexibility index (Phi) is 3.77. The van der Waals surface area contributed by atoms with E-state index in [-0.39, 0.29) is 0 Å². The van der Waals surface area contributed by atoms with Crippen molar-refractivity contribution in [3.8, 4) is 5.75 Å². The highest BCUT2D eigenvalue weighted by Crippen LogP contribution is 2.38. The van der Waals surface area contributed by atoms with E-state index in [0.29, 0.717) is 6.61 Å². The molecule has 0 saturated heterocycles. The van der Waals surface area contributed by atoms with Gasteiger partial charge in [-0.15, -0.1) is 0 Å². The normalized spacial score (nSPS) is 22.2. The molecule has 1 saturated carbocycles. The van der Waals surface area contributed by atoms with Crippen LogP contribution in [0.2, 0.25) is 0 Å². The van der Waals surface area contributed by atoms with E-state index in [1.807, 2.05) is 18.2 Å². The van der Waals surface area contributed by atoms with Gasteiger partial charge in [0, 0.05) is 6.54 Å². The van der Waals surface area contributed by atoms with Gasteiger partial charge in [-0.2, -0.15) is 0 Å². The van der Waals surface area contributed by atoms with Gasteiger partial charge in [0.15, 0.2) is 0 Å². The molecule has 1 aromatic rings. The fourth-order valence-corrected chi connectivity index (χ4v) is 1.96. The zero-order valence-electron chi connectivity index (χ0n) is 10.7. The van der Waals surface area contributed by atoms with Gasteiger partial charge in [-0.05, 0) is 36.8 Å². The number of ether oxygens (including phenoxy) is 1. The van der Waals surface area contributed by atoms with E-state index in [9.17, 15) is 0 Å². The summed E-state index contributed by atoms with van der Waals surface area (Å²) < 4.78 is 5.61. The summed E-state index contributed by atoms with van der Waals surface area (Å²) in [5.41, 5.74) is 7.81. The molecule has 1 aliphatic carbocycles. The summed E-state index contributed by atoms with van der Waals surface area (Å²) in [4.78, 5) is 0. The molecule has 0 spiro atoms. The fourth-order valence-electron chi connectivity index (χ4n) is 1.96. The standard InChI is InChI=1S/C14H22N2O/c1-3-7-17-13-6-4-5-12(14(13)15)16-9-11-8-10(11)2/h4-6,10-11,16H,3,7-9,15H2,1-2H3. The maximum Gasteiger partial charge on any atom is 0.144 e. The first-order valence-corrected chi connectivity index (χ1v) is 6.47. The van der Waals surface area contributed by atoms with Crippen LogP contribution >= 0.6 is 0 Å². The van der Waals surface area contributed by atoms with Gasteiger partial charge in [-0.1, -0.05) is 19.9 Å². The lowest BCUT2D eigenvalue weighted by atomic mass is 10.2. The van der Waals surface area contributed by atoms with Gasteiger partial charge in [0.1, 0.15) is 5.75 Å². The molecule has 1 aliphatic rings. The van der Waals surface area contributed by atoms with Crippen LogP contribution in [0.1, 0.15) is 26.7 Å². The van der Waals surface area contributed by atoms with Crippen molar-refractivity contribution in [2.75, 3.05) is 24.2 Å². The van der Waals surface area contributed by atoms with Crippen molar-refractivity contribution in [1.82, 2.24) is 0 Å². The largest absolute Gasteiger partial charge is 0.491 e. The van der Waals surface area contributed by atoms with E-state index in [4.69, 9.17) is 10.5 Å². The molecule has 0 aromatic heterocycles. The summed E-state index contributed by atoms with van der Waals surface area (Å²) in [7, 11) is 0. The zero-order chi connectivity index (χ0) is 12.3. The van der Waals surface area contributed by atoms with Gasteiger partial charge < -0.3 is 15.8 Å². The molecule has 3 nitrogen and oxygen atoms in total. The Balaban J connectivity index is 1.96. The summed E-state index contributed by atoms with van der Waals surface area (Å²) in [5.74, 6) is 2.47. The molecule has 1 aromatic carbocycles. The van der Waals surface area contributed by atoms with Crippen LogP contribution in [0.3, 0.4) is 0 Å². The quantitative estimate of drug-likeness (QED) is 0.743. The fraction of sp³-hybridized carbons (Fsp3) is 0.571. The van der Waals surface area contributed by atoms with Crippen LogP contribution in [-0.4, -0.2) is 13.2 Å². The lowest BCUT2D eigenvalue weighted by molar-refractivity contribution is 0.319. The molecule has 2 atom stereocenters. The number of para-hydroxylation sites is 1. The number of anilines is 2. The number of nitrogen functional groups attached to an aromatic ring is 1. The van der Waals surface area contributed by atoms with Gasteiger partial charge in [-0.25, -0.2) is 0 Å². The van der Waals surface area contributed by atoms with E-state index in [1.165, 1.54) is 6.42 Å². The first-order chi connectivity index (χ1) is 8.22. The molecule has 0 aliphatic heterocycles. The van der Waals surface area contributed by atoms with Crippen molar-refractivity contribution in [3.63, 3.8) is 0 Å². The van der Waals surface area contributed by atoms with E-state index in [1.54, 1.807) is 0 Å². The molecule has 2 rings (SSSR count). The molecule has 94 valence electrons. The summed E-state index contributed by atoms with van der Waals surface area (Å²) in [5, 5.41) is 3.42. The van der Waals surface area contributed by atoms with Gasteiger partial charge in [0.25, 0.3) is 0 Å². The van der Waals surface area contributed by atoms with Crippen LogP contribution in [0.4, 0.5) is 11.4 Å². The highest BCUT2D eigenvalue weighted by Gasteiger charge is 2.31. The smallest absolute Gasteiger partial charge is 0.144 e. The molecular formula is C14H22N2O. The van der Waals surface area contributed by atoms with Crippen molar-refractivity contribution in [2.24, 2.45) is 11.8 Å². The van der Waals surface area contributed by atoms with Crippen LogP contribution in [0.5, 0.6) is 5.75 Å². The third-order valence-electron chi connectivity index (χ3n) is 3.36. The Morgan fingerprint density at radius 3 is 2.88 bits per heavy atom. The van der Waals surface area contributed by atoms with Gasteiger partial charge >= 0.3 is 0 Å². The number of hydrogen-bond acceptors (Lipinski definition) is 3. The van der Waals surface area contributed by atoms with Crippen molar-refractivity contribution in [1.29, 1.82) is 0 Å². The Morgan fingerprint density at radius 1 is 1.47 bits per heavy atom. The molecule has 0 heterocycles. The molecule has 2 unspecified atom stereocenters. The molecular weight excluding hydrogens is 212 g/mol. The average molecular weight is 234 g/mol. The van der Waals surface area contributed by atoms with Crippen LogP contribution in [0.15, 0.2) is 18.2 Å². The number of nitrogens with one attached hydrogen (secondary N) is 1. The second-order valence-electron chi connectivity index (χ2n) is 4.92. The predicted octanol–water partition coefficient (Wildman–Crippen LogP) is 3.13. The van der Waals surface area contributed by atoms with Crippen LogP contribution in [0.25, 0.3) is 0 Å². The maximum absolute atomic E-state index is 6.08. The number of rotatable bonds is 6. The lowest BCUT2D eigenvalue weighted by Gasteiger charge is -2.13. The number of nitrogens with two attached hydrogens (primary N) is 1. The van der Waals surface area contributed by atoms with Crippen LogP contribution < -0.4 is 15.8 Å². The van der Waals surface area contributed by atoms with Crippen LogP contribution in [-0.2, 0) is 0 Å². The van der Waals surface area contributed by atoms with E-state index >= 15 is 0 Å². The van der Waals surface area contributed by atoms with Gasteiger partial charge in [0.2, 0.25) is 0 Å². The minimum atomic E-state index is 0.716. The molecule has 0 bridgehead atoms. The highest BCUT2D eigenvalue weighted by atomic mass is 16.5. The molecule has 3 N–H and O–H groups in total. The molecule has 3 heteroatoms. The summed E-state index contributed by atoms with van der Waals surface area (Å²) >= 11 is 0. The van der Waals surface area contributed by atoms with Crippen LogP contribution in [0, 0.1) is 11.8 Å². The SMILES string of the molecule is CCCOc1cccc(NCC2CC2C)c1N. The van der Waals surface area contributed by atoms with Crippen molar-refractivity contribution >= 4 is 11.4 Å². The second kappa shape index (κ2) is 5.30. The van der Waals surface area contributed by atoms with Crippen molar-refractivity contribution in [2.45, 2.75) is 26.7 Å². The average Bonchev–Trinajstić information content (AvgIpc) is 3.02. The Bertz CT molecular complexity index is 378. The Morgan fingerprint density at radius 2 is 2.24 bits per heavy atom. The molecule has 17 heavy (non-hydrogen) atoms. The van der Waals surface area contributed by atoms with Gasteiger partial charge in [-0.3, -0.25) is 0 Å². The Hall–Kier alpha value is -1.38. The number of benzene rings is 1. The third kappa shape index (κ3) is 3.05. The lowest BCUT2D eigenvalue weighted by Crippen LogP contribution is -2.08. The third-order valence-corrected chi connectivity index (χ3v) is 3.36. The van der Waals surface area contributed by atoms with Crippen molar-refractivity contribution in [3.05, 3.63) is 18.2 Å². The van der Waals surface area contributed by atoms with E-state index in [2.05, 4.69) is 19.2 Å². The molecule has 1 fully saturated rings. The first-order valence-electron chi connectivity index (χ1n) is 6.47. The second-order valence-corrected chi connectivity index (χ2v) is 4.92. The summed E-state index contributed by atoms with van der Waals surface area (Å²) in [6.45, 7) is 6.11. The highest BCUT2D eigenvalue weighted by molar-refractivity contribution is 5.72. The minimum Gasteiger partial charge on any atom is -0.491 e.